The van der Waals surface area contributed by atoms with E-state index in [4.69, 9.17) is 21.1 Å². The van der Waals surface area contributed by atoms with Crippen LogP contribution in [0.25, 0.3) is 0 Å². The van der Waals surface area contributed by atoms with Gasteiger partial charge in [-0.15, -0.1) is 16.8 Å². The average Bonchev–Trinajstić information content (AvgIpc) is 3.16. The number of nitrogens with one attached hydrogen (secondary N) is 1. The molecule has 0 saturated carbocycles. The Morgan fingerprint density at radius 2 is 2.13 bits per heavy atom. The molecule has 0 bridgehead atoms. The van der Waals surface area contributed by atoms with Crippen LogP contribution in [0.2, 0.25) is 5.02 Å². The molecular formula is C22H21ClN4O3S. The van der Waals surface area contributed by atoms with E-state index >= 15 is 0 Å². The molecule has 2 heterocycles. The van der Waals surface area contributed by atoms with Gasteiger partial charge < -0.3 is 14.8 Å². The van der Waals surface area contributed by atoms with Gasteiger partial charge in [0.2, 0.25) is 5.91 Å². The summed E-state index contributed by atoms with van der Waals surface area (Å²) < 4.78 is 13.8. The standard InChI is InChI=1S/C22H21ClN4O3S/c1-3-11-27-20(19-13-29-17-9-4-5-10-18(17)30-19)25-26-22(27)31-14(2)21(28)24-16-8-6-7-15(23)12-16/h3-10,12,14,19H,1,11,13H2,2H3,(H,24,28)/t14-,19+/m0/s1. The number of fused-ring (bicyclic) bond motifs is 1. The second kappa shape index (κ2) is 9.45. The van der Waals surface area contributed by atoms with Crippen LogP contribution in [0.3, 0.4) is 0 Å². The lowest BCUT2D eigenvalue weighted by atomic mass is 10.2. The third-order valence-electron chi connectivity index (χ3n) is 4.60. The van der Waals surface area contributed by atoms with Crippen molar-refractivity contribution in [1.82, 2.24) is 14.8 Å². The molecule has 2 atom stereocenters. The highest BCUT2D eigenvalue weighted by Gasteiger charge is 2.29. The van der Waals surface area contributed by atoms with Gasteiger partial charge in [-0.3, -0.25) is 9.36 Å². The lowest BCUT2D eigenvalue weighted by Crippen LogP contribution is -2.25. The molecule has 0 fully saturated rings. The normalized spacial score (nSPS) is 15.9. The summed E-state index contributed by atoms with van der Waals surface area (Å²) in [5.41, 5.74) is 0.643. The fourth-order valence-electron chi connectivity index (χ4n) is 3.09. The first-order valence-electron chi connectivity index (χ1n) is 9.70. The van der Waals surface area contributed by atoms with Crippen molar-refractivity contribution < 1.29 is 14.3 Å². The number of thioether (sulfide) groups is 1. The minimum absolute atomic E-state index is 0.159. The van der Waals surface area contributed by atoms with Gasteiger partial charge in [0, 0.05) is 17.3 Å². The van der Waals surface area contributed by atoms with Gasteiger partial charge in [0.25, 0.3) is 0 Å². The van der Waals surface area contributed by atoms with Crippen molar-refractivity contribution in [2.75, 3.05) is 11.9 Å². The second-order valence-corrected chi connectivity index (χ2v) is 8.61. The summed E-state index contributed by atoms with van der Waals surface area (Å²) in [6.45, 7) is 6.44. The number of carbonyl (C=O) groups excluding carboxylic acids is 1. The Kier molecular flexibility index (Phi) is 6.48. The van der Waals surface area contributed by atoms with E-state index in [2.05, 4.69) is 22.1 Å². The first-order chi connectivity index (χ1) is 15.0. The molecule has 0 unspecified atom stereocenters. The van der Waals surface area contributed by atoms with E-state index in [1.807, 2.05) is 35.8 Å². The number of para-hydroxylation sites is 2. The van der Waals surface area contributed by atoms with Gasteiger partial charge in [0.1, 0.15) is 6.61 Å². The van der Waals surface area contributed by atoms with Gasteiger partial charge in [-0.25, -0.2) is 0 Å². The number of aromatic nitrogens is 3. The molecule has 160 valence electrons. The highest BCUT2D eigenvalue weighted by Crippen LogP contribution is 2.36. The van der Waals surface area contributed by atoms with E-state index < -0.39 is 11.4 Å². The number of halogens is 1. The molecule has 1 amide bonds. The molecule has 4 rings (SSSR count). The number of allylic oxidation sites excluding steroid dienone is 1. The molecule has 0 aliphatic carbocycles. The van der Waals surface area contributed by atoms with Crippen molar-refractivity contribution >= 4 is 35.0 Å². The van der Waals surface area contributed by atoms with E-state index in [1.54, 1.807) is 30.3 Å². The number of hydrogen-bond acceptors (Lipinski definition) is 6. The number of ether oxygens (including phenoxy) is 2. The van der Waals surface area contributed by atoms with Crippen LogP contribution in [0.15, 0.2) is 66.3 Å². The van der Waals surface area contributed by atoms with Crippen molar-refractivity contribution in [3.05, 3.63) is 72.0 Å². The van der Waals surface area contributed by atoms with E-state index in [9.17, 15) is 4.79 Å². The maximum absolute atomic E-state index is 12.6. The van der Waals surface area contributed by atoms with E-state index in [0.717, 1.165) is 0 Å². The molecular weight excluding hydrogens is 436 g/mol. The van der Waals surface area contributed by atoms with E-state index in [1.165, 1.54) is 11.8 Å². The van der Waals surface area contributed by atoms with Crippen LogP contribution in [-0.4, -0.2) is 32.5 Å². The number of amides is 1. The van der Waals surface area contributed by atoms with Crippen molar-refractivity contribution in [1.29, 1.82) is 0 Å². The quantitative estimate of drug-likeness (QED) is 0.408. The number of rotatable bonds is 7. The minimum Gasteiger partial charge on any atom is -0.485 e. The number of hydrogen-bond donors (Lipinski definition) is 1. The fourth-order valence-corrected chi connectivity index (χ4v) is 4.15. The van der Waals surface area contributed by atoms with Crippen molar-refractivity contribution in [3.63, 3.8) is 0 Å². The molecule has 9 heteroatoms. The van der Waals surface area contributed by atoms with Gasteiger partial charge in [-0.1, -0.05) is 47.6 Å². The van der Waals surface area contributed by atoms with Gasteiger partial charge in [0.15, 0.2) is 28.6 Å². The van der Waals surface area contributed by atoms with Gasteiger partial charge >= 0.3 is 0 Å². The third-order valence-corrected chi connectivity index (χ3v) is 5.91. The topological polar surface area (TPSA) is 78.3 Å². The van der Waals surface area contributed by atoms with E-state index in [0.29, 0.717) is 46.3 Å². The second-order valence-electron chi connectivity index (χ2n) is 6.86. The summed E-state index contributed by atoms with van der Waals surface area (Å²) in [7, 11) is 0. The first kappa shape index (κ1) is 21.3. The molecule has 0 spiro atoms. The third kappa shape index (κ3) is 4.86. The van der Waals surface area contributed by atoms with Crippen LogP contribution in [0.4, 0.5) is 5.69 Å². The van der Waals surface area contributed by atoms with Gasteiger partial charge in [-0.05, 0) is 37.3 Å². The zero-order valence-electron chi connectivity index (χ0n) is 16.8. The SMILES string of the molecule is C=CCn1c(S[C@@H](C)C(=O)Nc2cccc(Cl)c2)nnc1[C@H]1COc2ccccc2O1. The zero-order valence-corrected chi connectivity index (χ0v) is 18.4. The molecule has 1 aliphatic rings. The lowest BCUT2D eigenvalue weighted by Gasteiger charge is -2.26. The summed E-state index contributed by atoms with van der Waals surface area (Å²) in [6, 6.07) is 14.5. The summed E-state index contributed by atoms with van der Waals surface area (Å²) in [5.74, 6) is 1.83. The molecule has 3 aromatic rings. The molecule has 0 radical (unpaired) electrons. The largest absolute Gasteiger partial charge is 0.485 e. The predicted octanol–water partition coefficient (Wildman–Crippen LogP) is 4.75. The molecule has 7 nitrogen and oxygen atoms in total. The fraction of sp³-hybridized carbons (Fsp3) is 0.227. The first-order valence-corrected chi connectivity index (χ1v) is 11.0. The summed E-state index contributed by atoms with van der Waals surface area (Å²) in [4.78, 5) is 12.6. The van der Waals surface area contributed by atoms with Crippen LogP contribution in [0, 0.1) is 0 Å². The number of nitrogens with zero attached hydrogens (tertiary/aromatic N) is 3. The van der Waals surface area contributed by atoms with Crippen molar-refractivity contribution in [3.8, 4) is 11.5 Å². The Labute approximate surface area is 189 Å². The van der Waals surface area contributed by atoms with Crippen molar-refractivity contribution in [2.45, 2.75) is 30.0 Å². The molecule has 1 N–H and O–H groups in total. The van der Waals surface area contributed by atoms with Gasteiger partial charge in [0.05, 0.1) is 5.25 Å². The minimum atomic E-state index is -0.413. The monoisotopic (exact) mass is 456 g/mol. The Hall–Kier alpha value is -2.97. The summed E-state index contributed by atoms with van der Waals surface area (Å²) in [5, 5.41) is 12.2. The zero-order chi connectivity index (χ0) is 21.8. The molecule has 0 saturated heterocycles. The Balaban J connectivity index is 1.49. The summed E-state index contributed by atoms with van der Waals surface area (Å²) >= 11 is 7.30. The van der Waals surface area contributed by atoms with Crippen LogP contribution in [-0.2, 0) is 11.3 Å². The molecule has 31 heavy (non-hydrogen) atoms. The molecule has 2 aromatic carbocycles. The summed E-state index contributed by atoms with van der Waals surface area (Å²) in [6.07, 6.45) is 1.35. The lowest BCUT2D eigenvalue weighted by molar-refractivity contribution is -0.115. The van der Waals surface area contributed by atoms with Crippen molar-refractivity contribution in [2.24, 2.45) is 0 Å². The highest BCUT2D eigenvalue weighted by molar-refractivity contribution is 8.00. The van der Waals surface area contributed by atoms with Crippen LogP contribution in [0.1, 0.15) is 18.9 Å². The molecule has 1 aliphatic heterocycles. The smallest absolute Gasteiger partial charge is 0.237 e. The number of anilines is 1. The van der Waals surface area contributed by atoms with Gasteiger partial charge in [-0.2, -0.15) is 0 Å². The Bertz CT molecular complexity index is 1100. The number of benzene rings is 2. The predicted molar refractivity (Wildman–Crippen MR) is 121 cm³/mol. The van der Waals surface area contributed by atoms with Crippen LogP contribution < -0.4 is 14.8 Å². The number of carbonyl (C=O) groups is 1. The Morgan fingerprint density at radius 1 is 1.32 bits per heavy atom. The maximum Gasteiger partial charge on any atom is 0.237 e. The van der Waals surface area contributed by atoms with Crippen LogP contribution >= 0.6 is 23.4 Å². The Morgan fingerprint density at radius 3 is 2.90 bits per heavy atom. The van der Waals surface area contributed by atoms with E-state index in [-0.39, 0.29) is 5.91 Å². The highest BCUT2D eigenvalue weighted by atomic mass is 35.5. The maximum atomic E-state index is 12.6. The van der Waals surface area contributed by atoms with Crippen LogP contribution in [0.5, 0.6) is 11.5 Å². The average molecular weight is 457 g/mol. The molecule has 1 aromatic heterocycles.